The van der Waals surface area contributed by atoms with Gasteiger partial charge in [0.25, 0.3) is 11.8 Å². The van der Waals surface area contributed by atoms with E-state index in [0.29, 0.717) is 5.56 Å². The Morgan fingerprint density at radius 3 is 2.69 bits per heavy atom. The van der Waals surface area contributed by atoms with Gasteiger partial charge in [0, 0.05) is 38.4 Å². The molecule has 32 heavy (non-hydrogen) atoms. The Morgan fingerprint density at radius 2 is 1.97 bits per heavy atom. The highest BCUT2D eigenvalue weighted by atomic mass is 35.5. The summed E-state index contributed by atoms with van der Waals surface area (Å²) in [5.74, 6) is -8.06. The number of alkyl halides is 2. The third-order valence-electron chi connectivity index (χ3n) is 5.16. The van der Waals surface area contributed by atoms with Gasteiger partial charge < -0.3 is 10.2 Å². The predicted octanol–water partition coefficient (Wildman–Crippen LogP) is 2.51. The summed E-state index contributed by atoms with van der Waals surface area (Å²) in [6, 6.07) is 7.29. The van der Waals surface area contributed by atoms with Crippen LogP contribution in [0.15, 0.2) is 42.5 Å². The first-order valence-corrected chi connectivity index (χ1v) is 9.86. The molecule has 1 saturated heterocycles. The van der Waals surface area contributed by atoms with Crippen LogP contribution < -0.4 is 10.6 Å². The number of imide groups is 1. The maximum absolute atomic E-state index is 14.6. The highest BCUT2D eigenvalue weighted by Crippen LogP contribution is 2.30. The van der Waals surface area contributed by atoms with Crippen LogP contribution in [0.25, 0.3) is 0 Å². The summed E-state index contributed by atoms with van der Waals surface area (Å²) in [4.78, 5) is 50.1. The van der Waals surface area contributed by atoms with E-state index in [0.717, 1.165) is 17.0 Å². The normalized spacial score (nSPS) is 24.3. The van der Waals surface area contributed by atoms with E-state index in [4.69, 9.17) is 15.8 Å². The summed E-state index contributed by atoms with van der Waals surface area (Å²) >= 11 is 5.70. The fraction of sp³-hybridized carbons (Fsp3) is 0.273. The van der Waals surface area contributed by atoms with Gasteiger partial charge >= 0.3 is 5.92 Å². The Labute approximate surface area is 191 Å². The molecule has 166 valence electrons. The zero-order valence-electron chi connectivity index (χ0n) is 19.3. The lowest BCUT2D eigenvalue weighted by Gasteiger charge is -2.29. The molecule has 0 aromatic heterocycles. The van der Waals surface area contributed by atoms with E-state index < -0.39 is 60.5 Å². The van der Waals surface area contributed by atoms with E-state index in [-0.39, 0.29) is 28.0 Å². The average Bonchev–Trinajstić information content (AvgIpc) is 3.12. The second kappa shape index (κ2) is 8.31. The number of hydrogen-bond acceptors (Lipinski definition) is 4. The minimum atomic E-state index is -3.96. The first-order valence-electron chi connectivity index (χ1n) is 11.1. The zero-order valence-corrected chi connectivity index (χ0v) is 17.1. The minimum Gasteiger partial charge on any atom is -0.346 e. The average molecular weight is 465 g/mol. The Hall–Kier alpha value is -3.33. The van der Waals surface area contributed by atoms with Crippen LogP contribution in [0.4, 0.5) is 8.78 Å². The molecule has 2 aromatic rings. The molecule has 2 N–H and O–H groups in total. The SMILES string of the molecule is [2H]C1C(=O)NC(=O)C(N2Cc3cc(CN([2H])C(=O)C(F)(F)c4ccc(Cl)cc4)ccc3C2=O)C1[2H]. The number of nitrogens with one attached hydrogen (secondary N) is 2. The topological polar surface area (TPSA) is 95.6 Å². The number of amides is 4. The molecule has 3 unspecified atom stereocenters. The summed E-state index contributed by atoms with van der Waals surface area (Å²) in [6.07, 6.45) is -3.03. The van der Waals surface area contributed by atoms with Crippen molar-refractivity contribution in [1.82, 2.24) is 15.5 Å². The van der Waals surface area contributed by atoms with Crippen LogP contribution in [-0.2, 0) is 33.4 Å². The molecular weight excluding hydrogens is 444 g/mol. The van der Waals surface area contributed by atoms with Crippen molar-refractivity contribution in [3.8, 4) is 0 Å². The largest absolute Gasteiger partial charge is 0.349 e. The van der Waals surface area contributed by atoms with Gasteiger partial charge in [-0.2, -0.15) is 8.78 Å². The Balaban J connectivity index is 1.50. The molecule has 2 aliphatic heterocycles. The van der Waals surface area contributed by atoms with Gasteiger partial charge in [-0.3, -0.25) is 24.5 Å². The molecular formula is C22H18ClF2N3O4. The number of benzene rings is 2. The lowest BCUT2D eigenvalue weighted by Crippen LogP contribution is -2.52. The molecule has 0 spiro atoms. The number of carbonyl (C=O) groups is 4. The van der Waals surface area contributed by atoms with Crippen molar-refractivity contribution >= 4 is 35.2 Å². The summed E-state index contributed by atoms with van der Waals surface area (Å²) in [7, 11) is 0. The number of piperidine rings is 1. The van der Waals surface area contributed by atoms with E-state index >= 15 is 0 Å². The summed E-state index contributed by atoms with van der Waals surface area (Å²) in [6.45, 7) is -0.624. The van der Waals surface area contributed by atoms with Gasteiger partial charge in [0.05, 0.1) is 0 Å². The van der Waals surface area contributed by atoms with Crippen molar-refractivity contribution < 1.29 is 32.1 Å². The first kappa shape index (κ1) is 18.3. The molecule has 10 heteroatoms. The lowest BCUT2D eigenvalue weighted by atomic mass is 10.0. The van der Waals surface area contributed by atoms with E-state index in [9.17, 15) is 28.0 Å². The van der Waals surface area contributed by atoms with Crippen molar-refractivity contribution in [2.45, 2.75) is 37.8 Å². The van der Waals surface area contributed by atoms with Crippen LogP contribution in [0.1, 0.15) is 42.6 Å². The van der Waals surface area contributed by atoms with Crippen molar-refractivity contribution in [1.29, 1.82) is 0 Å². The smallest absolute Gasteiger partial charge is 0.346 e. The monoisotopic (exact) mass is 464 g/mol. The molecule has 0 aliphatic carbocycles. The van der Waals surface area contributed by atoms with Crippen LogP contribution in [0.5, 0.6) is 0 Å². The molecule has 2 aliphatic rings. The van der Waals surface area contributed by atoms with Gasteiger partial charge in [-0.25, -0.2) is 0 Å². The van der Waals surface area contributed by atoms with E-state index in [1.165, 1.54) is 30.3 Å². The van der Waals surface area contributed by atoms with Crippen molar-refractivity contribution in [2.75, 3.05) is 0 Å². The highest BCUT2D eigenvalue weighted by molar-refractivity contribution is 6.30. The second-order valence-electron chi connectivity index (χ2n) is 7.28. The number of fused-ring (bicyclic) bond motifs is 1. The highest BCUT2D eigenvalue weighted by Gasteiger charge is 2.41. The van der Waals surface area contributed by atoms with Gasteiger partial charge in [0.2, 0.25) is 11.8 Å². The van der Waals surface area contributed by atoms with Gasteiger partial charge in [-0.15, -0.1) is 0 Å². The Kier molecular flexibility index (Phi) is 4.74. The number of halogens is 3. The number of rotatable bonds is 5. The molecule has 3 atom stereocenters. The number of hydrogen-bond donors (Lipinski definition) is 2. The second-order valence-corrected chi connectivity index (χ2v) is 7.72. The van der Waals surface area contributed by atoms with Crippen LogP contribution in [0.3, 0.4) is 0 Å². The fourth-order valence-electron chi connectivity index (χ4n) is 3.51. The molecule has 0 radical (unpaired) electrons. The molecule has 1 fully saturated rings. The molecule has 0 bridgehead atoms. The fourth-order valence-corrected chi connectivity index (χ4v) is 3.64. The van der Waals surface area contributed by atoms with Crippen LogP contribution >= 0.6 is 11.6 Å². The summed E-state index contributed by atoms with van der Waals surface area (Å²) in [5, 5.41) is 2.32. The van der Waals surface area contributed by atoms with E-state index in [2.05, 4.69) is 0 Å². The van der Waals surface area contributed by atoms with Gasteiger partial charge in [0.1, 0.15) is 6.04 Å². The number of carbonyl (C=O) groups excluding carboxylic acids is 4. The zero-order chi connectivity index (χ0) is 25.7. The predicted molar refractivity (Wildman–Crippen MR) is 110 cm³/mol. The molecule has 2 aromatic carbocycles. The van der Waals surface area contributed by atoms with Crippen LogP contribution in [0.2, 0.25) is 6.43 Å². The molecule has 4 amide bonds. The summed E-state index contributed by atoms with van der Waals surface area (Å²) < 4.78 is 52.9. The quantitative estimate of drug-likeness (QED) is 0.665. The van der Waals surface area contributed by atoms with E-state index in [1.54, 1.807) is 0 Å². The Bertz CT molecular complexity index is 1230. The third-order valence-corrected chi connectivity index (χ3v) is 5.41. The van der Waals surface area contributed by atoms with Crippen molar-refractivity contribution in [3.63, 3.8) is 0 Å². The van der Waals surface area contributed by atoms with Gasteiger partial charge in [0.15, 0.2) is 1.41 Å². The molecule has 4 rings (SSSR count). The van der Waals surface area contributed by atoms with Crippen molar-refractivity contribution in [3.05, 3.63) is 69.7 Å². The lowest BCUT2D eigenvalue weighted by molar-refractivity contribution is -0.147. The van der Waals surface area contributed by atoms with Crippen LogP contribution in [-0.4, -0.2) is 34.6 Å². The Morgan fingerprint density at radius 1 is 1.25 bits per heavy atom. The maximum atomic E-state index is 14.6. The molecule has 2 heterocycles. The van der Waals surface area contributed by atoms with Gasteiger partial charge in [-0.1, -0.05) is 35.9 Å². The summed E-state index contributed by atoms with van der Waals surface area (Å²) in [5.41, 5.74) is 0.275. The third kappa shape index (κ3) is 4.08. The number of nitrogens with zero attached hydrogens (tertiary/aromatic N) is 1. The first-order chi connectivity index (χ1) is 16.4. The van der Waals surface area contributed by atoms with E-state index in [1.807, 2.05) is 5.32 Å². The molecule has 7 nitrogen and oxygen atoms in total. The van der Waals surface area contributed by atoms with Gasteiger partial charge in [-0.05, 0) is 35.7 Å². The maximum Gasteiger partial charge on any atom is 0.349 e. The van der Waals surface area contributed by atoms with Crippen molar-refractivity contribution in [2.24, 2.45) is 0 Å². The van der Waals surface area contributed by atoms with Crippen LogP contribution in [0, 0.1) is 0 Å². The molecule has 0 saturated carbocycles. The standard InChI is InChI=1S/C22H18ClF2N3O4/c23-15-4-2-14(3-5-15)22(24,25)21(32)26-10-12-1-6-16-13(9-12)11-28(20(16)31)17-7-8-18(29)27-19(17)30/h1-6,9,17H,7-8,10-11H2,(H,26,32)(H,27,29,30)/i7D,8D/hD. The minimum absolute atomic E-state index is 0.121.